The van der Waals surface area contributed by atoms with E-state index in [0.29, 0.717) is 4.90 Å². The van der Waals surface area contributed by atoms with Crippen molar-refractivity contribution in [3.63, 3.8) is 0 Å². The van der Waals surface area contributed by atoms with Gasteiger partial charge < -0.3 is 5.32 Å². The van der Waals surface area contributed by atoms with Gasteiger partial charge in [-0.2, -0.15) is 0 Å². The highest BCUT2D eigenvalue weighted by atomic mass is 32.2. The first-order chi connectivity index (χ1) is 9.61. The molecule has 2 aromatic carbocycles. The van der Waals surface area contributed by atoms with E-state index in [1.54, 1.807) is 12.1 Å². The number of benzene rings is 2. The summed E-state index contributed by atoms with van der Waals surface area (Å²) in [6.07, 6.45) is 0. The van der Waals surface area contributed by atoms with Crippen LogP contribution >= 0.6 is 11.8 Å². The summed E-state index contributed by atoms with van der Waals surface area (Å²) in [6.45, 7) is 2.78. The molecule has 0 saturated heterocycles. The number of nitrogens with one attached hydrogen (secondary N) is 1. The zero-order chi connectivity index (χ0) is 14.5. The van der Waals surface area contributed by atoms with Crippen LogP contribution in [0.3, 0.4) is 0 Å². The first kappa shape index (κ1) is 14.6. The van der Waals surface area contributed by atoms with E-state index in [1.165, 1.54) is 23.4 Å². The number of para-hydroxylation sites is 1. The number of nitrogens with zero attached hydrogens (tertiary/aromatic N) is 1. The van der Waals surface area contributed by atoms with Gasteiger partial charge in [-0.15, -0.1) is 0 Å². The summed E-state index contributed by atoms with van der Waals surface area (Å²) in [6, 6.07) is 13.0. The molecule has 4 nitrogen and oxygen atoms in total. The monoisotopic (exact) mass is 288 g/mol. The zero-order valence-electron chi connectivity index (χ0n) is 11.4. The van der Waals surface area contributed by atoms with E-state index >= 15 is 0 Å². The Hall–Kier alpha value is -1.85. The lowest BCUT2D eigenvalue weighted by molar-refractivity contribution is -0.387. The van der Waals surface area contributed by atoms with Crippen LogP contribution in [0.2, 0.25) is 0 Å². The van der Waals surface area contributed by atoms with Gasteiger partial charge in [-0.25, -0.2) is 0 Å². The van der Waals surface area contributed by atoms with Crippen LogP contribution in [0.5, 0.6) is 0 Å². The van der Waals surface area contributed by atoms with E-state index in [9.17, 15) is 10.1 Å². The average molecular weight is 288 g/mol. The normalized spacial score (nSPS) is 10.5. The Kier molecular flexibility index (Phi) is 4.76. The Morgan fingerprint density at radius 1 is 1.20 bits per heavy atom. The minimum absolute atomic E-state index is 0.147. The van der Waals surface area contributed by atoms with Gasteiger partial charge in [0, 0.05) is 17.5 Å². The molecule has 0 aliphatic rings. The lowest BCUT2D eigenvalue weighted by atomic mass is 10.1. The Labute approximate surface area is 122 Å². The molecule has 0 spiro atoms. The maximum Gasteiger partial charge on any atom is 0.283 e. The fourth-order valence-electron chi connectivity index (χ4n) is 1.95. The van der Waals surface area contributed by atoms with Gasteiger partial charge in [0.2, 0.25) is 0 Å². The SMILES string of the molecule is CNCc1cc(C)ccc1Sc1ccccc1[N+](=O)[O-]. The molecule has 20 heavy (non-hydrogen) atoms. The molecule has 0 fully saturated rings. The van der Waals surface area contributed by atoms with Gasteiger partial charge >= 0.3 is 0 Å². The molecule has 0 amide bonds. The molecule has 5 heteroatoms. The third-order valence-electron chi connectivity index (χ3n) is 2.87. The van der Waals surface area contributed by atoms with E-state index in [1.807, 2.05) is 32.2 Å². The zero-order valence-corrected chi connectivity index (χ0v) is 12.2. The minimum atomic E-state index is -0.339. The molecule has 0 bridgehead atoms. The largest absolute Gasteiger partial charge is 0.316 e. The number of hydrogen-bond donors (Lipinski definition) is 1. The maximum atomic E-state index is 11.1. The second-order valence-electron chi connectivity index (χ2n) is 4.47. The topological polar surface area (TPSA) is 55.2 Å². The summed E-state index contributed by atoms with van der Waals surface area (Å²) >= 11 is 1.44. The lowest BCUT2D eigenvalue weighted by Gasteiger charge is -2.10. The standard InChI is InChI=1S/C15H16N2O2S/c1-11-7-8-14(12(9-11)10-16-2)20-15-6-4-3-5-13(15)17(18)19/h3-9,16H,10H2,1-2H3. The van der Waals surface area contributed by atoms with Gasteiger partial charge in [0.1, 0.15) is 0 Å². The smallest absolute Gasteiger partial charge is 0.283 e. The van der Waals surface area contributed by atoms with E-state index in [2.05, 4.69) is 11.4 Å². The molecule has 0 aliphatic heterocycles. The van der Waals surface area contributed by atoms with E-state index in [0.717, 1.165) is 17.0 Å². The maximum absolute atomic E-state index is 11.1. The predicted molar refractivity (Wildman–Crippen MR) is 81.2 cm³/mol. The summed E-state index contributed by atoms with van der Waals surface area (Å²) in [5.41, 5.74) is 2.48. The van der Waals surface area contributed by atoms with Crippen LogP contribution < -0.4 is 5.32 Å². The van der Waals surface area contributed by atoms with E-state index in [4.69, 9.17) is 0 Å². The fourth-order valence-corrected chi connectivity index (χ4v) is 2.98. The molecule has 2 rings (SSSR count). The molecule has 0 atom stereocenters. The van der Waals surface area contributed by atoms with Gasteiger partial charge in [-0.05, 0) is 31.7 Å². The summed E-state index contributed by atoms with van der Waals surface area (Å²) in [4.78, 5) is 12.4. The van der Waals surface area contributed by atoms with Gasteiger partial charge in [-0.3, -0.25) is 10.1 Å². The summed E-state index contributed by atoms with van der Waals surface area (Å²) in [5.74, 6) is 0. The minimum Gasteiger partial charge on any atom is -0.316 e. The Balaban J connectivity index is 2.37. The molecule has 104 valence electrons. The Morgan fingerprint density at radius 3 is 2.65 bits per heavy atom. The van der Waals surface area contributed by atoms with Crippen molar-refractivity contribution >= 4 is 17.4 Å². The average Bonchev–Trinajstić information content (AvgIpc) is 2.42. The molecule has 0 aliphatic carbocycles. The summed E-state index contributed by atoms with van der Waals surface area (Å²) < 4.78 is 0. The van der Waals surface area contributed by atoms with Crippen molar-refractivity contribution in [2.75, 3.05) is 7.05 Å². The van der Waals surface area contributed by atoms with Crippen LogP contribution in [0.25, 0.3) is 0 Å². The van der Waals surface area contributed by atoms with Crippen molar-refractivity contribution in [1.82, 2.24) is 5.32 Å². The van der Waals surface area contributed by atoms with Gasteiger partial charge in [0.25, 0.3) is 5.69 Å². The first-order valence-electron chi connectivity index (χ1n) is 6.27. The predicted octanol–water partition coefficient (Wildman–Crippen LogP) is 3.77. The second-order valence-corrected chi connectivity index (χ2v) is 5.55. The molecule has 0 unspecified atom stereocenters. The first-order valence-corrected chi connectivity index (χ1v) is 7.09. The van der Waals surface area contributed by atoms with E-state index < -0.39 is 0 Å². The lowest BCUT2D eigenvalue weighted by Crippen LogP contribution is -2.06. The Morgan fingerprint density at radius 2 is 1.95 bits per heavy atom. The van der Waals surface area contributed by atoms with Crippen molar-refractivity contribution in [2.45, 2.75) is 23.3 Å². The molecular weight excluding hydrogens is 272 g/mol. The van der Waals surface area contributed by atoms with Crippen molar-refractivity contribution in [2.24, 2.45) is 0 Å². The number of rotatable bonds is 5. The number of nitro benzene ring substituents is 1. The van der Waals surface area contributed by atoms with Crippen LogP contribution in [-0.4, -0.2) is 12.0 Å². The summed E-state index contributed by atoms with van der Waals surface area (Å²) in [7, 11) is 1.89. The summed E-state index contributed by atoms with van der Waals surface area (Å²) in [5, 5.41) is 14.2. The quantitative estimate of drug-likeness (QED) is 0.672. The highest BCUT2D eigenvalue weighted by Gasteiger charge is 2.15. The van der Waals surface area contributed by atoms with Gasteiger partial charge in [0.15, 0.2) is 0 Å². The number of aryl methyl sites for hydroxylation is 1. The second kappa shape index (κ2) is 6.54. The molecule has 0 saturated carbocycles. The molecular formula is C15H16N2O2S. The third-order valence-corrected chi connectivity index (χ3v) is 4.05. The van der Waals surface area contributed by atoms with Crippen LogP contribution in [0, 0.1) is 17.0 Å². The molecule has 0 aromatic heterocycles. The van der Waals surface area contributed by atoms with Crippen LogP contribution in [0.4, 0.5) is 5.69 Å². The van der Waals surface area contributed by atoms with Crippen LogP contribution in [0.1, 0.15) is 11.1 Å². The van der Waals surface area contributed by atoms with Gasteiger partial charge in [0.05, 0.1) is 9.82 Å². The highest BCUT2D eigenvalue weighted by Crippen LogP contribution is 2.36. The molecule has 0 heterocycles. The Bertz CT molecular complexity index is 629. The van der Waals surface area contributed by atoms with Crippen molar-refractivity contribution in [3.05, 3.63) is 63.7 Å². The fraction of sp³-hybridized carbons (Fsp3) is 0.200. The molecule has 1 N–H and O–H groups in total. The van der Waals surface area contributed by atoms with Gasteiger partial charge in [-0.1, -0.05) is 41.6 Å². The molecule has 0 radical (unpaired) electrons. The van der Waals surface area contributed by atoms with Crippen molar-refractivity contribution in [1.29, 1.82) is 0 Å². The third kappa shape index (κ3) is 3.37. The van der Waals surface area contributed by atoms with Crippen LogP contribution in [0.15, 0.2) is 52.3 Å². The number of nitro groups is 1. The number of hydrogen-bond acceptors (Lipinski definition) is 4. The van der Waals surface area contributed by atoms with E-state index in [-0.39, 0.29) is 10.6 Å². The highest BCUT2D eigenvalue weighted by molar-refractivity contribution is 7.99. The molecule has 2 aromatic rings. The van der Waals surface area contributed by atoms with Crippen LogP contribution in [-0.2, 0) is 6.54 Å². The van der Waals surface area contributed by atoms with Crippen molar-refractivity contribution in [3.8, 4) is 0 Å². The van der Waals surface area contributed by atoms with Crippen molar-refractivity contribution < 1.29 is 4.92 Å².